The van der Waals surface area contributed by atoms with Gasteiger partial charge in [0.1, 0.15) is 5.65 Å². The van der Waals surface area contributed by atoms with E-state index in [2.05, 4.69) is 15.4 Å². The van der Waals surface area contributed by atoms with Crippen LogP contribution in [0.25, 0.3) is 16.6 Å². The molecule has 1 fully saturated rings. The zero-order valence-corrected chi connectivity index (χ0v) is 17.3. The Balaban J connectivity index is 1.70. The molecule has 10 heteroatoms. The van der Waals surface area contributed by atoms with E-state index in [-0.39, 0.29) is 11.5 Å². The number of hydrogen-bond donors (Lipinski definition) is 3. The van der Waals surface area contributed by atoms with Gasteiger partial charge in [0.25, 0.3) is 5.56 Å². The Labute approximate surface area is 177 Å². The van der Waals surface area contributed by atoms with E-state index < -0.39 is 12.2 Å². The number of aromatic amines is 1. The summed E-state index contributed by atoms with van der Waals surface area (Å²) >= 11 is 0. The fourth-order valence-corrected chi connectivity index (χ4v) is 4.00. The Morgan fingerprint density at radius 3 is 2.81 bits per heavy atom. The maximum Gasteiger partial charge on any atom is 0.411 e. The van der Waals surface area contributed by atoms with E-state index in [4.69, 9.17) is 4.74 Å². The summed E-state index contributed by atoms with van der Waals surface area (Å²) < 4.78 is 6.89. The van der Waals surface area contributed by atoms with Gasteiger partial charge in [-0.15, -0.1) is 0 Å². The van der Waals surface area contributed by atoms with E-state index in [1.807, 2.05) is 13.0 Å². The molecular weight excluding hydrogens is 402 g/mol. The Bertz CT molecular complexity index is 1180. The Hall–Kier alpha value is -3.56. The SMILES string of the molecule is CCCCOC(=O)Nc1cccc2nn3c(C4CCN(C(=O)O)CC4)cc(=O)[nH]c3c12. The van der Waals surface area contributed by atoms with Crippen LogP contribution in [0.15, 0.2) is 29.1 Å². The molecule has 31 heavy (non-hydrogen) atoms. The number of H-pyrrole nitrogens is 1. The van der Waals surface area contributed by atoms with Crippen LogP contribution in [0.1, 0.15) is 44.2 Å². The van der Waals surface area contributed by atoms with E-state index in [0.29, 0.717) is 54.8 Å². The average molecular weight is 427 g/mol. The van der Waals surface area contributed by atoms with Crippen molar-refractivity contribution < 1.29 is 19.4 Å². The first-order valence-corrected chi connectivity index (χ1v) is 10.4. The van der Waals surface area contributed by atoms with Crippen LogP contribution in [0.5, 0.6) is 0 Å². The number of carbonyl (C=O) groups is 2. The number of aromatic nitrogens is 3. The van der Waals surface area contributed by atoms with Crippen molar-refractivity contribution in [3.8, 4) is 0 Å². The Kier molecular flexibility index (Phi) is 5.79. The molecule has 1 aliphatic rings. The summed E-state index contributed by atoms with van der Waals surface area (Å²) in [5.41, 5.74) is 2.07. The molecule has 0 atom stereocenters. The number of carboxylic acid groups (broad SMARTS) is 1. The quantitative estimate of drug-likeness (QED) is 0.535. The number of hydrogen-bond acceptors (Lipinski definition) is 5. The van der Waals surface area contributed by atoms with Crippen LogP contribution in [0, 0.1) is 0 Å². The molecule has 0 saturated carbocycles. The maximum atomic E-state index is 12.5. The predicted molar refractivity (Wildman–Crippen MR) is 115 cm³/mol. The second-order valence-electron chi connectivity index (χ2n) is 7.68. The molecule has 0 spiro atoms. The first-order chi connectivity index (χ1) is 15.0. The molecule has 10 nitrogen and oxygen atoms in total. The number of unbranched alkanes of at least 4 members (excludes halogenated alkanes) is 1. The fourth-order valence-electron chi connectivity index (χ4n) is 4.00. The van der Waals surface area contributed by atoms with E-state index in [0.717, 1.165) is 18.5 Å². The molecule has 164 valence electrons. The third kappa shape index (κ3) is 4.18. The average Bonchev–Trinajstić information content (AvgIpc) is 3.13. The molecule has 0 radical (unpaired) electrons. The molecule has 0 aliphatic carbocycles. The first kappa shape index (κ1) is 20.7. The lowest BCUT2D eigenvalue weighted by atomic mass is 9.93. The Morgan fingerprint density at radius 2 is 2.10 bits per heavy atom. The van der Waals surface area contributed by atoms with Crippen molar-refractivity contribution in [2.75, 3.05) is 25.0 Å². The maximum absolute atomic E-state index is 12.5. The number of benzene rings is 1. The third-order valence-corrected chi connectivity index (χ3v) is 5.62. The minimum Gasteiger partial charge on any atom is -0.465 e. The number of anilines is 1. The number of carbonyl (C=O) groups excluding carboxylic acids is 1. The summed E-state index contributed by atoms with van der Waals surface area (Å²) in [6.45, 7) is 3.17. The van der Waals surface area contributed by atoms with Crippen molar-refractivity contribution in [2.24, 2.45) is 0 Å². The zero-order valence-electron chi connectivity index (χ0n) is 17.3. The van der Waals surface area contributed by atoms with Gasteiger partial charge in [0.05, 0.1) is 28.9 Å². The predicted octanol–water partition coefficient (Wildman–Crippen LogP) is 3.38. The lowest BCUT2D eigenvalue weighted by Crippen LogP contribution is -2.37. The van der Waals surface area contributed by atoms with Gasteiger partial charge >= 0.3 is 12.2 Å². The summed E-state index contributed by atoms with van der Waals surface area (Å²) in [7, 11) is 0. The molecule has 3 aromatic rings. The molecule has 1 aliphatic heterocycles. The molecule has 2 aromatic heterocycles. The number of rotatable bonds is 5. The van der Waals surface area contributed by atoms with Crippen LogP contribution in [0.4, 0.5) is 15.3 Å². The van der Waals surface area contributed by atoms with Gasteiger partial charge in [0, 0.05) is 25.1 Å². The largest absolute Gasteiger partial charge is 0.465 e. The Morgan fingerprint density at radius 1 is 1.32 bits per heavy atom. The highest BCUT2D eigenvalue weighted by Crippen LogP contribution is 2.31. The highest BCUT2D eigenvalue weighted by molar-refractivity contribution is 6.06. The molecule has 0 unspecified atom stereocenters. The minimum atomic E-state index is -0.930. The first-order valence-electron chi connectivity index (χ1n) is 10.4. The highest BCUT2D eigenvalue weighted by atomic mass is 16.5. The molecule has 3 N–H and O–H groups in total. The third-order valence-electron chi connectivity index (χ3n) is 5.62. The van der Waals surface area contributed by atoms with Crippen molar-refractivity contribution in [3.63, 3.8) is 0 Å². The molecule has 1 saturated heterocycles. The number of nitrogens with zero attached hydrogens (tertiary/aromatic N) is 3. The van der Waals surface area contributed by atoms with E-state index in [9.17, 15) is 19.5 Å². The van der Waals surface area contributed by atoms with Crippen molar-refractivity contribution >= 4 is 34.4 Å². The van der Waals surface area contributed by atoms with Gasteiger partial charge in [0.2, 0.25) is 0 Å². The number of ether oxygens (including phenoxy) is 1. The molecular formula is C21H25N5O5. The van der Waals surface area contributed by atoms with Crippen LogP contribution in [-0.2, 0) is 4.74 Å². The summed E-state index contributed by atoms with van der Waals surface area (Å²) in [6.07, 6.45) is 1.44. The van der Waals surface area contributed by atoms with Gasteiger partial charge in [-0.3, -0.25) is 10.1 Å². The van der Waals surface area contributed by atoms with Gasteiger partial charge in [-0.2, -0.15) is 5.10 Å². The van der Waals surface area contributed by atoms with Crippen molar-refractivity contribution in [3.05, 3.63) is 40.3 Å². The van der Waals surface area contributed by atoms with Gasteiger partial charge in [-0.05, 0) is 31.4 Å². The number of fused-ring (bicyclic) bond motifs is 3. The van der Waals surface area contributed by atoms with Crippen molar-refractivity contribution in [2.45, 2.75) is 38.5 Å². The molecule has 2 amide bonds. The number of nitrogens with one attached hydrogen (secondary N) is 2. The topological polar surface area (TPSA) is 129 Å². The highest BCUT2D eigenvalue weighted by Gasteiger charge is 2.26. The number of piperidine rings is 1. The molecule has 0 bridgehead atoms. The second kappa shape index (κ2) is 8.66. The monoisotopic (exact) mass is 427 g/mol. The van der Waals surface area contributed by atoms with E-state index >= 15 is 0 Å². The van der Waals surface area contributed by atoms with Crippen LogP contribution >= 0.6 is 0 Å². The zero-order chi connectivity index (χ0) is 22.0. The number of likely N-dealkylation sites (tertiary alicyclic amines) is 1. The van der Waals surface area contributed by atoms with Crippen LogP contribution in [-0.4, -0.2) is 56.5 Å². The van der Waals surface area contributed by atoms with Crippen LogP contribution < -0.4 is 10.9 Å². The summed E-state index contributed by atoms with van der Waals surface area (Å²) in [6, 6.07) is 6.85. The normalized spacial score (nSPS) is 14.8. The van der Waals surface area contributed by atoms with Gasteiger partial charge < -0.3 is 19.7 Å². The summed E-state index contributed by atoms with van der Waals surface area (Å²) in [5, 5.41) is 17.2. The minimum absolute atomic E-state index is 0.00475. The summed E-state index contributed by atoms with van der Waals surface area (Å²) in [4.78, 5) is 40.0. The van der Waals surface area contributed by atoms with Gasteiger partial charge in [-0.1, -0.05) is 19.4 Å². The van der Waals surface area contributed by atoms with Crippen LogP contribution in [0.2, 0.25) is 0 Å². The molecule has 3 heterocycles. The lowest BCUT2D eigenvalue weighted by Gasteiger charge is -2.30. The van der Waals surface area contributed by atoms with Gasteiger partial charge in [0.15, 0.2) is 0 Å². The smallest absolute Gasteiger partial charge is 0.411 e. The second-order valence-corrected chi connectivity index (χ2v) is 7.68. The van der Waals surface area contributed by atoms with Crippen molar-refractivity contribution in [1.82, 2.24) is 19.5 Å². The van der Waals surface area contributed by atoms with E-state index in [1.54, 1.807) is 16.6 Å². The number of amides is 2. The lowest BCUT2D eigenvalue weighted by molar-refractivity contribution is 0.131. The van der Waals surface area contributed by atoms with Crippen LogP contribution in [0.3, 0.4) is 0 Å². The van der Waals surface area contributed by atoms with Crippen molar-refractivity contribution in [1.29, 1.82) is 0 Å². The van der Waals surface area contributed by atoms with E-state index in [1.165, 1.54) is 11.0 Å². The fraction of sp³-hybridized carbons (Fsp3) is 0.429. The molecule has 1 aromatic carbocycles. The van der Waals surface area contributed by atoms with Gasteiger partial charge in [-0.25, -0.2) is 14.1 Å². The summed E-state index contributed by atoms with van der Waals surface area (Å²) in [5.74, 6) is 0.00475. The molecule has 4 rings (SSSR count). The standard InChI is InChI=1S/C21H25N5O5/c1-2-3-11-31-20(28)22-14-5-4-6-15-18(14)19-23-17(27)12-16(26(19)24-15)13-7-9-25(10-8-13)21(29)30/h4-6,12-13H,2-3,7-11H2,1H3,(H,22,28)(H,23,27)(H,29,30).